The number of rotatable bonds is 4. The van der Waals surface area contributed by atoms with Crippen LogP contribution in [0.25, 0.3) is 0 Å². The summed E-state index contributed by atoms with van der Waals surface area (Å²) in [6.07, 6.45) is 5.66. The fourth-order valence-corrected chi connectivity index (χ4v) is 3.05. The van der Waals surface area contributed by atoms with Gasteiger partial charge in [-0.3, -0.25) is 4.98 Å². The molecule has 104 valence electrons. The van der Waals surface area contributed by atoms with E-state index in [1.165, 1.54) is 24.8 Å². The summed E-state index contributed by atoms with van der Waals surface area (Å²) in [6.45, 7) is 4.41. The molecule has 1 heterocycles. The number of hydrogen-bond acceptors (Lipinski definition) is 2. The van der Waals surface area contributed by atoms with E-state index in [9.17, 15) is 0 Å². The van der Waals surface area contributed by atoms with Crippen molar-refractivity contribution in [3.63, 3.8) is 0 Å². The Balaban J connectivity index is 1.71. The summed E-state index contributed by atoms with van der Waals surface area (Å²) >= 11 is 0. The monoisotopic (exact) mass is 266 g/mol. The minimum atomic E-state index is 0.263. The third-order valence-electron chi connectivity index (χ3n) is 4.25. The molecule has 3 rings (SSSR count). The number of nitrogens with one attached hydrogen (secondary N) is 1. The number of aromatic nitrogens is 1. The van der Waals surface area contributed by atoms with Gasteiger partial charge in [0.15, 0.2) is 0 Å². The van der Waals surface area contributed by atoms with E-state index >= 15 is 0 Å². The fraction of sp³-hybridized carbons (Fsp3) is 0.389. The Morgan fingerprint density at radius 3 is 2.65 bits per heavy atom. The smallest absolute Gasteiger partial charge is 0.0570 e. The maximum atomic E-state index is 4.42. The van der Waals surface area contributed by atoms with E-state index in [1.54, 1.807) is 11.1 Å². The van der Waals surface area contributed by atoms with Gasteiger partial charge in [0.1, 0.15) is 0 Å². The van der Waals surface area contributed by atoms with Gasteiger partial charge in [-0.2, -0.15) is 0 Å². The Bertz CT molecular complexity index is 577. The van der Waals surface area contributed by atoms with Gasteiger partial charge in [-0.25, -0.2) is 0 Å². The lowest BCUT2D eigenvalue weighted by atomic mass is 10.0. The van der Waals surface area contributed by atoms with Crippen LogP contribution in [0.4, 0.5) is 0 Å². The van der Waals surface area contributed by atoms with E-state index in [0.29, 0.717) is 6.04 Å². The summed E-state index contributed by atoms with van der Waals surface area (Å²) < 4.78 is 0. The zero-order valence-corrected chi connectivity index (χ0v) is 12.3. The second-order valence-electron chi connectivity index (χ2n) is 5.75. The molecule has 0 fully saturated rings. The first kappa shape index (κ1) is 13.3. The Labute approximate surface area is 121 Å². The molecule has 1 aliphatic carbocycles. The van der Waals surface area contributed by atoms with Crippen molar-refractivity contribution >= 4 is 0 Å². The van der Waals surface area contributed by atoms with E-state index in [-0.39, 0.29) is 6.04 Å². The molecule has 2 atom stereocenters. The molecule has 2 nitrogen and oxygen atoms in total. The molecule has 0 aliphatic heterocycles. The number of benzene rings is 1. The van der Waals surface area contributed by atoms with E-state index in [1.807, 2.05) is 18.3 Å². The Kier molecular flexibility index (Phi) is 3.83. The van der Waals surface area contributed by atoms with Crippen LogP contribution in [0.2, 0.25) is 0 Å². The minimum Gasteiger partial charge on any atom is -0.302 e. The predicted molar refractivity (Wildman–Crippen MR) is 82.7 cm³/mol. The average molecular weight is 266 g/mol. The van der Waals surface area contributed by atoms with Crippen LogP contribution in [-0.4, -0.2) is 4.98 Å². The van der Waals surface area contributed by atoms with Gasteiger partial charge in [-0.05, 0) is 61.9 Å². The first-order valence-corrected chi connectivity index (χ1v) is 7.53. The SMILES string of the molecule is CC(NC(C)c1ccccn1)c1ccc2c(c1)CCC2. The molecule has 1 aromatic carbocycles. The third-order valence-corrected chi connectivity index (χ3v) is 4.25. The van der Waals surface area contributed by atoms with Crippen LogP contribution in [-0.2, 0) is 12.8 Å². The van der Waals surface area contributed by atoms with Crippen LogP contribution < -0.4 is 5.32 Å². The van der Waals surface area contributed by atoms with Crippen LogP contribution >= 0.6 is 0 Å². The normalized spacial score (nSPS) is 16.7. The minimum absolute atomic E-state index is 0.263. The molecule has 1 aromatic heterocycles. The molecule has 0 spiro atoms. The zero-order chi connectivity index (χ0) is 13.9. The molecule has 0 radical (unpaired) electrons. The Hall–Kier alpha value is -1.67. The number of hydrogen-bond donors (Lipinski definition) is 1. The van der Waals surface area contributed by atoms with Crippen LogP contribution in [0.5, 0.6) is 0 Å². The van der Waals surface area contributed by atoms with Crippen molar-refractivity contribution in [2.75, 3.05) is 0 Å². The van der Waals surface area contributed by atoms with E-state index in [0.717, 1.165) is 5.69 Å². The largest absolute Gasteiger partial charge is 0.302 e. The molecule has 2 aromatic rings. The molecule has 0 bridgehead atoms. The molecule has 2 heteroatoms. The summed E-state index contributed by atoms with van der Waals surface area (Å²) in [7, 11) is 0. The van der Waals surface area contributed by atoms with Gasteiger partial charge in [-0.15, -0.1) is 0 Å². The number of pyridine rings is 1. The lowest BCUT2D eigenvalue weighted by Gasteiger charge is -2.20. The van der Waals surface area contributed by atoms with Crippen LogP contribution in [0, 0.1) is 0 Å². The molecule has 0 saturated heterocycles. The van der Waals surface area contributed by atoms with Crippen molar-refractivity contribution < 1.29 is 0 Å². The highest BCUT2D eigenvalue weighted by Crippen LogP contribution is 2.26. The van der Waals surface area contributed by atoms with Crippen molar-refractivity contribution in [3.05, 3.63) is 65.0 Å². The molecular formula is C18H22N2. The third kappa shape index (κ3) is 2.75. The summed E-state index contributed by atoms with van der Waals surface area (Å²) in [6, 6.07) is 13.6. The Morgan fingerprint density at radius 1 is 1.00 bits per heavy atom. The molecule has 20 heavy (non-hydrogen) atoms. The van der Waals surface area contributed by atoms with Gasteiger partial charge in [0.25, 0.3) is 0 Å². The summed E-state index contributed by atoms with van der Waals surface area (Å²) in [5.41, 5.74) is 5.56. The quantitative estimate of drug-likeness (QED) is 0.905. The number of fused-ring (bicyclic) bond motifs is 1. The average Bonchev–Trinajstić information content (AvgIpc) is 2.95. The van der Waals surface area contributed by atoms with Crippen molar-refractivity contribution in [2.45, 2.75) is 45.2 Å². The van der Waals surface area contributed by atoms with E-state index in [2.05, 4.69) is 48.4 Å². The van der Waals surface area contributed by atoms with Crippen LogP contribution in [0.1, 0.15) is 54.7 Å². The van der Waals surface area contributed by atoms with Gasteiger partial charge >= 0.3 is 0 Å². The first-order valence-electron chi connectivity index (χ1n) is 7.53. The van der Waals surface area contributed by atoms with Crippen molar-refractivity contribution in [3.8, 4) is 0 Å². The second kappa shape index (κ2) is 5.76. The van der Waals surface area contributed by atoms with Crippen molar-refractivity contribution in [2.24, 2.45) is 0 Å². The van der Waals surface area contributed by atoms with Gasteiger partial charge in [0.2, 0.25) is 0 Å². The van der Waals surface area contributed by atoms with Gasteiger partial charge < -0.3 is 5.32 Å². The van der Waals surface area contributed by atoms with Crippen molar-refractivity contribution in [1.82, 2.24) is 10.3 Å². The topological polar surface area (TPSA) is 24.9 Å². The maximum Gasteiger partial charge on any atom is 0.0570 e. The number of aryl methyl sites for hydroxylation is 2. The summed E-state index contributed by atoms with van der Waals surface area (Å²) in [5, 5.41) is 3.64. The standard InChI is InChI=1S/C18H22N2/c1-13(20-14(2)18-8-3-4-11-19-18)16-10-9-15-6-5-7-17(15)12-16/h3-4,8-14,20H,5-7H2,1-2H3. The maximum absolute atomic E-state index is 4.42. The van der Waals surface area contributed by atoms with Crippen LogP contribution in [0.15, 0.2) is 42.6 Å². The van der Waals surface area contributed by atoms with Gasteiger partial charge in [0.05, 0.1) is 5.69 Å². The second-order valence-corrected chi connectivity index (χ2v) is 5.75. The van der Waals surface area contributed by atoms with E-state index in [4.69, 9.17) is 0 Å². The molecule has 1 aliphatic rings. The van der Waals surface area contributed by atoms with Crippen LogP contribution in [0.3, 0.4) is 0 Å². The highest BCUT2D eigenvalue weighted by Gasteiger charge is 2.15. The molecule has 0 amide bonds. The Morgan fingerprint density at radius 2 is 1.85 bits per heavy atom. The van der Waals surface area contributed by atoms with Crippen molar-refractivity contribution in [1.29, 1.82) is 0 Å². The molecule has 1 N–H and O–H groups in total. The van der Waals surface area contributed by atoms with Gasteiger partial charge in [-0.1, -0.05) is 24.3 Å². The zero-order valence-electron chi connectivity index (χ0n) is 12.3. The predicted octanol–water partition coefficient (Wildman–Crippen LogP) is 3.98. The summed E-state index contributed by atoms with van der Waals surface area (Å²) in [4.78, 5) is 4.42. The van der Waals surface area contributed by atoms with Gasteiger partial charge in [0, 0.05) is 18.3 Å². The first-order chi connectivity index (χ1) is 9.74. The molecule has 2 unspecified atom stereocenters. The molecule has 0 saturated carbocycles. The lowest BCUT2D eigenvalue weighted by Crippen LogP contribution is -2.23. The fourth-order valence-electron chi connectivity index (χ4n) is 3.05. The lowest BCUT2D eigenvalue weighted by molar-refractivity contribution is 0.486. The highest BCUT2D eigenvalue weighted by molar-refractivity contribution is 5.36. The highest BCUT2D eigenvalue weighted by atomic mass is 15.0. The summed E-state index contributed by atoms with van der Waals surface area (Å²) in [5.74, 6) is 0. The number of nitrogens with zero attached hydrogens (tertiary/aromatic N) is 1. The molecular weight excluding hydrogens is 244 g/mol. The van der Waals surface area contributed by atoms with E-state index < -0.39 is 0 Å².